The van der Waals surface area contributed by atoms with Crippen LogP contribution in [-0.2, 0) is 0 Å². The van der Waals surface area contributed by atoms with Gasteiger partial charge in [-0.05, 0) is 43.7 Å². The van der Waals surface area contributed by atoms with Crippen LogP contribution in [0.15, 0.2) is 18.2 Å². The van der Waals surface area contributed by atoms with Gasteiger partial charge in [-0.2, -0.15) is 0 Å². The van der Waals surface area contributed by atoms with Gasteiger partial charge in [0.1, 0.15) is 5.75 Å². The SMILES string of the molecule is Cc1cc(O)ccc1C(=O)NC[C@]1(O)CCNC1. The van der Waals surface area contributed by atoms with E-state index in [-0.39, 0.29) is 18.2 Å². The van der Waals surface area contributed by atoms with Crippen LogP contribution < -0.4 is 10.6 Å². The van der Waals surface area contributed by atoms with Crippen LogP contribution in [0.5, 0.6) is 5.75 Å². The van der Waals surface area contributed by atoms with Gasteiger partial charge < -0.3 is 20.8 Å². The molecule has 1 fully saturated rings. The lowest BCUT2D eigenvalue weighted by Crippen LogP contribution is -2.44. The Morgan fingerprint density at radius 2 is 2.33 bits per heavy atom. The molecule has 1 heterocycles. The van der Waals surface area contributed by atoms with Crippen molar-refractivity contribution in [1.29, 1.82) is 0 Å². The van der Waals surface area contributed by atoms with Gasteiger partial charge in [0, 0.05) is 18.7 Å². The Bertz CT molecular complexity index is 454. The van der Waals surface area contributed by atoms with E-state index >= 15 is 0 Å². The van der Waals surface area contributed by atoms with Crippen LogP contribution in [0.3, 0.4) is 0 Å². The number of benzene rings is 1. The zero-order valence-corrected chi connectivity index (χ0v) is 10.4. The van der Waals surface area contributed by atoms with Crippen LogP contribution in [0.4, 0.5) is 0 Å². The summed E-state index contributed by atoms with van der Waals surface area (Å²) in [6, 6.07) is 4.60. The van der Waals surface area contributed by atoms with Gasteiger partial charge in [0.2, 0.25) is 0 Å². The largest absolute Gasteiger partial charge is 0.508 e. The van der Waals surface area contributed by atoms with Gasteiger partial charge in [-0.25, -0.2) is 0 Å². The van der Waals surface area contributed by atoms with E-state index in [4.69, 9.17) is 0 Å². The summed E-state index contributed by atoms with van der Waals surface area (Å²) >= 11 is 0. The number of phenols is 1. The van der Waals surface area contributed by atoms with Gasteiger partial charge in [0.25, 0.3) is 5.91 Å². The van der Waals surface area contributed by atoms with Gasteiger partial charge >= 0.3 is 0 Å². The molecule has 1 amide bonds. The Kier molecular flexibility index (Phi) is 3.54. The number of hydrogen-bond acceptors (Lipinski definition) is 4. The highest BCUT2D eigenvalue weighted by molar-refractivity contribution is 5.95. The number of carbonyl (C=O) groups is 1. The third kappa shape index (κ3) is 2.80. The molecule has 0 unspecified atom stereocenters. The summed E-state index contributed by atoms with van der Waals surface area (Å²) in [5.74, 6) is -0.0875. The Hall–Kier alpha value is -1.59. The zero-order valence-electron chi connectivity index (χ0n) is 10.4. The van der Waals surface area contributed by atoms with E-state index in [1.807, 2.05) is 0 Å². The van der Waals surface area contributed by atoms with Crippen molar-refractivity contribution in [2.45, 2.75) is 18.9 Å². The van der Waals surface area contributed by atoms with Gasteiger partial charge in [-0.1, -0.05) is 0 Å². The molecule has 5 nitrogen and oxygen atoms in total. The van der Waals surface area contributed by atoms with Gasteiger partial charge in [-0.15, -0.1) is 0 Å². The van der Waals surface area contributed by atoms with Gasteiger partial charge in [0.15, 0.2) is 0 Å². The first kappa shape index (κ1) is 12.9. The van der Waals surface area contributed by atoms with E-state index in [1.165, 1.54) is 6.07 Å². The third-order valence-corrected chi connectivity index (χ3v) is 3.25. The first-order valence-electron chi connectivity index (χ1n) is 6.01. The number of aromatic hydroxyl groups is 1. The molecule has 1 saturated heterocycles. The Balaban J connectivity index is 1.99. The molecule has 1 aromatic carbocycles. The van der Waals surface area contributed by atoms with Crippen molar-refractivity contribution in [2.24, 2.45) is 0 Å². The van der Waals surface area contributed by atoms with Crippen molar-refractivity contribution < 1.29 is 15.0 Å². The maximum atomic E-state index is 12.0. The van der Waals surface area contributed by atoms with Crippen LogP contribution in [0.2, 0.25) is 0 Å². The minimum absolute atomic E-state index is 0.141. The lowest BCUT2D eigenvalue weighted by Gasteiger charge is -2.21. The number of phenolic OH excluding ortho intramolecular Hbond substituents is 1. The summed E-state index contributed by atoms with van der Waals surface area (Å²) in [7, 11) is 0. The summed E-state index contributed by atoms with van der Waals surface area (Å²) in [5, 5.41) is 25.2. The first-order valence-corrected chi connectivity index (χ1v) is 6.01. The lowest BCUT2D eigenvalue weighted by molar-refractivity contribution is 0.0561. The molecular weight excluding hydrogens is 232 g/mol. The van der Waals surface area contributed by atoms with Crippen molar-refractivity contribution in [3.05, 3.63) is 29.3 Å². The molecule has 1 aliphatic rings. The molecule has 0 aliphatic carbocycles. The number of aliphatic hydroxyl groups is 1. The summed E-state index contributed by atoms with van der Waals surface area (Å²) in [5.41, 5.74) is 0.381. The third-order valence-electron chi connectivity index (χ3n) is 3.25. The monoisotopic (exact) mass is 250 g/mol. The smallest absolute Gasteiger partial charge is 0.251 e. The average molecular weight is 250 g/mol. The van der Waals surface area contributed by atoms with Gasteiger partial charge in [0.05, 0.1) is 5.60 Å². The van der Waals surface area contributed by atoms with Crippen LogP contribution in [0, 0.1) is 6.92 Å². The van der Waals surface area contributed by atoms with Crippen LogP contribution in [0.25, 0.3) is 0 Å². The number of amides is 1. The Labute approximate surface area is 106 Å². The number of hydrogen-bond donors (Lipinski definition) is 4. The first-order chi connectivity index (χ1) is 8.50. The molecule has 18 heavy (non-hydrogen) atoms. The quantitative estimate of drug-likeness (QED) is 0.616. The van der Waals surface area contributed by atoms with E-state index in [0.717, 1.165) is 6.54 Å². The van der Waals surface area contributed by atoms with E-state index in [1.54, 1.807) is 19.1 Å². The number of rotatable bonds is 3. The molecule has 5 heteroatoms. The predicted octanol–water partition coefficient (Wildman–Crippen LogP) is 0.155. The van der Waals surface area contributed by atoms with E-state index in [2.05, 4.69) is 10.6 Å². The van der Waals surface area contributed by atoms with E-state index in [9.17, 15) is 15.0 Å². The highest BCUT2D eigenvalue weighted by Crippen LogP contribution is 2.16. The number of aryl methyl sites for hydroxylation is 1. The molecule has 0 radical (unpaired) electrons. The summed E-state index contributed by atoms with van der Waals surface area (Å²) < 4.78 is 0. The number of β-amino-alcohol motifs (C(OH)–C–C–N with tert-alkyl or cyclic N) is 1. The highest BCUT2D eigenvalue weighted by atomic mass is 16.3. The normalized spacial score (nSPS) is 23.0. The highest BCUT2D eigenvalue weighted by Gasteiger charge is 2.31. The van der Waals surface area contributed by atoms with Crippen molar-refractivity contribution in [3.63, 3.8) is 0 Å². The topological polar surface area (TPSA) is 81.6 Å². The Morgan fingerprint density at radius 3 is 2.94 bits per heavy atom. The van der Waals surface area contributed by atoms with E-state index < -0.39 is 5.60 Å². The fourth-order valence-electron chi connectivity index (χ4n) is 2.12. The van der Waals surface area contributed by atoms with E-state index in [0.29, 0.717) is 24.1 Å². The molecule has 0 saturated carbocycles. The molecule has 1 aromatic rings. The lowest BCUT2D eigenvalue weighted by atomic mass is 10.0. The second-order valence-corrected chi connectivity index (χ2v) is 4.83. The van der Waals surface area contributed by atoms with Crippen molar-refractivity contribution >= 4 is 5.91 Å². The van der Waals surface area contributed by atoms with Crippen LogP contribution >= 0.6 is 0 Å². The summed E-state index contributed by atoms with van der Waals surface area (Å²) in [4.78, 5) is 12.0. The standard InChI is InChI=1S/C13H18N2O3/c1-9-6-10(16)2-3-11(9)12(17)15-8-13(18)4-5-14-7-13/h2-3,6,14,16,18H,4-5,7-8H2,1H3,(H,15,17)/t13-/m0/s1. The predicted molar refractivity (Wildman–Crippen MR) is 67.6 cm³/mol. The minimum Gasteiger partial charge on any atom is -0.508 e. The van der Waals surface area contributed by atoms with Crippen LogP contribution in [0.1, 0.15) is 22.3 Å². The fraction of sp³-hybridized carbons (Fsp3) is 0.462. The molecule has 4 N–H and O–H groups in total. The van der Waals surface area contributed by atoms with Crippen molar-refractivity contribution in [3.8, 4) is 5.75 Å². The van der Waals surface area contributed by atoms with Crippen LogP contribution in [-0.4, -0.2) is 41.4 Å². The average Bonchev–Trinajstić information content (AvgIpc) is 2.74. The maximum Gasteiger partial charge on any atom is 0.251 e. The summed E-state index contributed by atoms with van der Waals surface area (Å²) in [6.45, 7) is 3.27. The maximum absolute atomic E-state index is 12.0. The molecular formula is C13H18N2O3. The van der Waals surface area contributed by atoms with Crippen molar-refractivity contribution in [1.82, 2.24) is 10.6 Å². The molecule has 2 rings (SSSR count). The summed E-state index contributed by atoms with van der Waals surface area (Å²) in [6.07, 6.45) is 0.641. The number of nitrogens with one attached hydrogen (secondary N) is 2. The molecule has 1 aliphatic heterocycles. The second kappa shape index (κ2) is 4.96. The Morgan fingerprint density at radius 1 is 1.56 bits per heavy atom. The zero-order chi connectivity index (χ0) is 13.2. The molecule has 98 valence electrons. The molecule has 0 bridgehead atoms. The van der Waals surface area contributed by atoms with Gasteiger partial charge in [-0.3, -0.25) is 4.79 Å². The molecule has 0 spiro atoms. The number of carbonyl (C=O) groups excluding carboxylic acids is 1. The fourth-order valence-corrected chi connectivity index (χ4v) is 2.12. The minimum atomic E-state index is -0.847. The van der Waals surface area contributed by atoms with Crippen molar-refractivity contribution in [2.75, 3.05) is 19.6 Å². The molecule has 0 aromatic heterocycles. The second-order valence-electron chi connectivity index (χ2n) is 4.83. The molecule has 1 atom stereocenters.